The van der Waals surface area contributed by atoms with Crippen molar-refractivity contribution in [2.24, 2.45) is 0 Å². The van der Waals surface area contributed by atoms with Gasteiger partial charge in [0.05, 0.1) is 22.2 Å². The number of rotatable bonds is 3. The number of nitrogen functional groups attached to an aromatic ring is 1. The highest BCUT2D eigenvalue weighted by Gasteiger charge is 2.21. The molecule has 0 saturated carbocycles. The fourth-order valence-corrected chi connectivity index (χ4v) is 2.85. The van der Waals surface area contributed by atoms with Crippen molar-refractivity contribution in [1.82, 2.24) is 4.98 Å². The number of aromatic nitrogens is 1. The Labute approximate surface area is 117 Å². The summed E-state index contributed by atoms with van der Waals surface area (Å²) in [5, 5.41) is 8.73. The van der Waals surface area contributed by atoms with Gasteiger partial charge in [-0.05, 0) is 30.3 Å². The minimum Gasteiger partial charge on any atom is -0.384 e. The molecule has 102 valence electrons. The molecule has 6 nitrogen and oxygen atoms in total. The predicted octanol–water partition coefficient (Wildman–Crippen LogP) is 1.36. The van der Waals surface area contributed by atoms with E-state index in [1.165, 1.54) is 25.4 Å². The SMILES string of the molecule is CN(c1ccc(C#N)cc1)S(=O)(=O)c1ccnc(N)c1. The second-order valence-corrected chi connectivity index (χ2v) is 6.02. The van der Waals surface area contributed by atoms with Gasteiger partial charge in [0.2, 0.25) is 0 Å². The third-order valence-corrected chi connectivity index (χ3v) is 4.55. The van der Waals surface area contributed by atoms with Crippen LogP contribution in [0, 0.1) is 11.3 Å². The fourth-order valence-electron chi connectivity index (χ4n) is 1.63. The molecular weight excluding hydrogens is 276 g/mol. The van der Waals surface area contributed by atoms with E-state index in [1.807, 2.05) is 6.07 Å². The molecule has 0 aliphatic heterocycles. The van der Waals surface area contributed by atoms with Crippen LogP contribution in [0.2, 0.25) is 0 Å². The van der Waals surface area contributed by atoms with Crippen molar-refractivity contribution in [2.45, 2.75) is 4.90 Å². The highest BCUT2D eigenvalue weighted by Crippen LogP contribution is 2.22. The Bertz CT molecular complexity index is 764. The lowest BCUT2D eigenvalue weighted by atomic mass is 10.2. The van der Waals surface area contributed by atoms with E-state index >= 15 is 0 Å². The lowest BCUT2D eigenvalue weighted by Crippen LogP contribution is -2.26. The normalized spacial score (nSPS) is 10.8. The van der Waals surface area contributed by atoms with Crippen LogP contribution in [0.15, 0.2) is 47.5 Å². The Balaban J connectivity index is 2.40. The third kappa shape index (κ3) is 2.55. The first-order valence-corrected chi connectivity index (χ1v) is 7.10. The summed E-state index contributed by atoms with van der Waals surface area (Å²) in [6.45, 7) is 0. The van der Waals surface area contributed by atoms with Crippen molar-refractivity contribution in [1.29, 1.82) is 5.26 Å². The largest absolute Gasteiger partial charge is 0.384 e. The first-order valence-electron chi connectivity index (χ1n) is 5.66. The van der Waals surface area contributed by atoms with Crippen LogP contribution >= 0.6 is 0 Å². The van der Waals surface area contributed by atoms with Crippen LogP contribution < -0.4 is 10.0 Å². The number of hydrogen-bond acceptors (Lipinski definition) is 5. The number of benzene rings is 1. The van der Waals surface area contributed by atoms with Crippen molar-refractivity contribution in [2.75, 3.05) is 17.1 Å². The van der Waals surface area contributed by atoms with Gasteiger partial charge < -0.3 is 5.73 Å². The maximum atomic E-state index is 12.4. The molecule has 1 aromatic carbocycles. The number of nitriles is 1. The summed E-state index contributed by atoms with van der Waals surface area (Å²) in [6.07, 6.45) is 1.34. The average molecular weight is 288 g/mol. The van der Waals surface area contributed by atoms with Gasteiger partial charge in [0.1, 0.15) is 5.82 Å². The van der Waals surface area contributed by atoms with Gasteiger partial charge in [-0.1, -0.05) is 0 Å². The molecule has 1 aromatic heterocycles. The number of anilines is 2. The van der Waals surface area contributed by atoms with Gasteiger partial charge in [-0.25, -0.2) is 13.4 Å². The number of hydrogen-bond donors (Lipinski definition) is 1. The van der Waals surface area contributed by atoms with E-state index in [1.54, 1.807) is 24.3 Å². The molecule has 0 unspecified atom stereocenters. The van der Waals surface area contributed by atoms with E-state index in [0.29, 0.717) is 11.3 Å². The highest BCUT2D eigenvalue weighted by molar-refractivity contribution is 7.92. The summed E-state index contributed by atoms with van der Waals surface area (Å²) in [5.41, 5.74) is 6.43. The molecule has 0 aliphatic rings. The van der Waals surface area contributed by atoms with Crippen LogP contribution in [0.3, 0.4) is 0 Å². The predicted molar refractivity (Wildman–Crippen MR) is 75.4 cm³/mol. The van der Waals surface area contributed by atoms with Crippen LogP contribution in [0.1, 0.15) is 5.56 Å². The van der Waals surface area contributed by atoms with Crippen molar-refractivity contribution in [3.63, 3.8) is 0 Å². The number of nitrogens with two attached hydrogens (primary N) is 1. The monoisotopic (exact) mass is 288 g/mol. The molecule has 0 atom stereocenters. The van der Waals surface area contributed by atoms with Crippen LogP contribution in [0.25, 0.3) is 0 Å². The molecule has 2 N–H and O–H groups in total. The third-order valence-electron chi connectivity index (χ3n) is 2.77. The molecule has 7 heteroatoms. The summed E-state index contributed by atoms with van der Waals surface area (Å²) in [4.78, 5) is 3.83. The quantitative estimate of drug-likeness (QED) is 0.919. The molecule has 0 amide bonds. The van der Waals surface area contributed by atoms with Crippen LogP contribution in [-0.4, -0.2) is 20.4 Å². The second-order valence-electron chi connectivity index (χ2n) is 4.05. The first kappa shape index (κ1) is 13.8. The Morgan fingerprint density at radius 1 is 1.25 bits per heavy atom. The molecular formula is C13H12N4O2S. The minimum atomic E-state index is -3.70. The van der Waals surface area contributed by atoms with E-state index in [9.17, 15) is 8.42 Å². The van der Waals surface area contributed by atoms with Crippen molar-refractivity contribution >= 4 is 21.5 Å². The Kier molecular flexibility index (Phi) is 3.59. The van der Waals surface area contributed by atoms with Gasteiger partial charge in [-0.15, -0.1) is 0 Å². The molecule has 0 saturated heterocycles. The zero-order valence-corrected chi connectivity index (χ0v) is 11.5. The molecule has 0 fully saturated rings. The fraction of sp³-hybridized carbons (Fsp3) is 0.0769. The lowest BCUT2D eigenvalue weighted by molar-refractivity contribution is 0.594. The van der Waals surface area contributed by atoms with Crippen molar-refractivity contribution in [3.05, 3.63) is 48.2 Å². The smallest absolute Gasteiger partial charge is 0.264 e. The van der Waals surface area contributed by atoms with E-state index < -0.39 is 10.0 Å². The van der Waals surface area contributed by atoms with Crippen molar-refractivity contribution < 1.29 is 8.42 Å². The number of nitrogens with zero attached hydrogens (tertiary/aromatic N) is 3. The summed E-state index contributed by atoms with van der Waals surface area (Å²) in [6, 6.07) is 10.9. The van der Waals surface area contributed by atoms with E-state index in [2.05, 4.69) is 4.98 Å². The van der Waals surface area contributed by atoms with E-state index in [4.69, 9.17) is 11.0 Å². The Morgan fingerprint density at radius 2 is 1.90 bits per heavy atom. The zero-order chi connectivity index (χ0) is 14.8. The van der Waals surface area contributed by atoms with Gasteiger partial charge >= 0.3 is 0 Å². The Hall–Kier alpha value is -2.59. The average Bonchev–Trinajstić information content (AvgIpc) is 2.46. The summed E-state index contributed by atoms with van der Waals surface area (Å²) in [5.74, 6) is 0.138. The van der Waals surface area contributed by atoms with Crippen LogP contribution in [-0.2, 0) is 10.0 Å². The molecule has 2 rings (SSSR count). The van der Waals surface area contributed by atoms with Gasteiger partial charge in [0, 0.05) is 19.3 Å². The Morgan fingerprint density at radius 3 is 2.45 bits per heavy atom. The summed E-state index contributed by atoms with van der Waals surface area (Å²) >= 11 is 0. The van der Waals surface area contributed by atoms with Gasteiger partial charge in [-0.2, -0.15) is 5.26 Å². The maximum Gasteiger partial charge on any atom is 0.264 e. The lowest BCUT2D eigenvalue weighted by Gasteiger charge is -2.19. The van der Waals surface area contributed by atoms with Gasteiger partial charge in [0.25, 0.3) is 10.0 Å². The molecule has 0 aliphatic carbocycles. The highest BCUT2D eigenvalue weighted by atomic mass is 32.2. The topological polar surface area (TPSA) is 100 Å². The number of sulfonamides is 1. The molecule has 0 radical (unpaired) electrons. The number of pyridine rings is 1. The molecule has 0 spiro atoms. The van der Waals surface area contributed by atoms with Gasteiger partial charge in [-0.3, -0.25) is 4.31 Å². The van der Waals surface area contributed by atoms with E-state index in [0.717, 1.165) is 4.31 Å². The summed E-state index contributed by atoms with van der Waals surface area (Å²) < 4.78 is 26.0. The molecule has 0 bridgehead atoms. The first-order chi connectivity index (χ1) is 9.45. The summed E-state index contributed by atoms with van der Waals surface area (Å²) in [7, 11) is -2.27. The van der Waals surface area contributed by atoms with Crippen molar-refractivity contribution in [3.8, 4) is 6.07 Å². The second kappa shape index (κ2) is 5.19. The molecule has 2 aromatic rings. The minimum absolute atomic E-state index is 0.0665. The molecule has 20 heavy (non-hydrogen) atoms. The maximum absolute atomic E-state index is 12.4. The van der Waals surface area contributed by atoms with E-state index in [-0.39, 0.29) is 10.7 Å². The van der Waals surface area contributed by atoms with Gasteiger partial charge in [0.15, 0.2) is 0 Å². The van der Waals surface area contributed by atoms with Crippen LogP contribution in [0.5, 0.6) is 0 Å². The standard InChI is InChI=1S/C13H12N4O2S/c1-17(11-4-2-10(9-14)3-5-11)20(18,19)12-6-7-16-13(15)8-12/h2-8H,1H3,(H2,15,16). The zero-order valence-electron chi connectivity index (χ0n) is 10.7. The molecule has 1 heterocycles. The van der Waals surface area contributed by atoms with Crippen LogP contribution in [0.4, 0.5) is 11.5 Å².